The average Bonchev–Trinajstić information content (AvgIpc) is 2.85. The first-order chi connectivity index (χ1) is 16.1. The molecule has 2 aliphatic heterocycles. The Kier molecular flexibility index (Phi) is 7.60. The Hall–Kier alpha value is -2.51. The molecule has 1 unspecified atom stereocenters. The van der Waals surface area contributed by atoms with Crippen molar-refractivity contribution in [1.29, 1.82) is 0 Å². The number of amides is 1. The minimum Gasteiger partial charge on any atom is -0.495 e. The summed E-state index contributed by atoms with van der Waals surface area (Å²) in [6.45, 7) is 5.35. The van der Waals surface area contributed by atoms with Gasteiger partial charge in [0.1, 0.15) is 5.75 Å². The van der Waals surface area contributed by atoms with Crippen LogP contribution in [0.2, 0.25) is 0 Å². The molecule has 0 bridgehead atoms. The number of rotatable bonds is 8. The van der Waals surface area contributed by atoms with Crippen LogP contribution in [0.25, 0.3) is 0 Å². The molecule has 2 heterocycles. The maximum absolute atomic E-state index is 14.2. The molecule has 1 amide bonds. The summed E-state index contributed by atoms with van der Waals surface area (Å²) in [6, 6.07) is 15.4. The topological polar surface area (TPSA) is 59.1 Å². The molecule has 1 atom stereocenters. The number of nitrogens with zero attached hydrogens (tertiary/aromatic N) is 2. The number of thioether (sulfide) groups is 1. The number of carbonyl (C=O) groups excluding carboxylic acids is 2. The Morgan fingerprint density at radius 1 is 1.03 bits per heavy atom. The maximum Gasteiger partial charge on any atom is 0.332 e. The van der Waals surface area contributed by atoms with Gasteiger partial charge in [-0.25, -0.2) is 4.79 Å². The summed E-state index contributed by atoms with van der Waals surface area (Å²) in [5.74, 6) is -0.0757. The van der Waals surface area contributed by atoms with Crippen LogP contribution in [0, 0.1) is 0 Å². The fourth-order valence-corrected chi connectivity index (χ4v) is 6.06. The summed E-state index contributed by atoms with van der Waals surface area (Å²) in [4.78, 5) is 32.6. The number of hydrogen-bond donors (Lipinski definition) is 0. The van der Waals surface area contributed by atoms with E-state index in [0.717, 1.165) is 35.8 Å². The van der Waals surface area contributed by atoms with E-state index in [4.69, 9.17) is 9.47 Å². The third-order valence-electron chi connectivity index (χ3n) is 6.32. The number of likely N-dealkylation sites (tertiary alicyclic amines) is 1. The number of hydrogen-bond acceptors (Lipinski definition) is 6. The first kappa shape index (κ1) is 23.6. The van der Waals surface area contributed by atoms with E-state index in [0.29, 0.717) is 12.3 Å². The van der Waals surface area contributed by atoms with Gasteiger partial charge in [0.15, 0.2) is 0 Å². The van der Waals surface area contributed by atoms with Crippen LogP contribution in [0.15, 0.2) is 53.4 Å². The molecule has 0 saturated carbocycles. The quantitative estimate of drug-likeness (QED) is 0.428. The van der Waals surface area contributed by atoms with Gasteiger partial charge in [0.2, 0.25) is 4.75 Å². The molecule has 2 aromatic carbocycles. The SMILES string of the molecule is CCOC(=O)C1(Cc2ccccc2)Sc2cccc(OC)c2N(CCN2CCCCC2)C1=O. The van der Waals surface area contributed by atoms with Gasteiger partial charge in [-0.05, 0) is 50.6 Å². The Balaban J connectivity index is 1.75. The fraction of sp³-hybridized carbons (Fsp3) is 0.462. The molecular weight excluding hydrogens is 436 g/mol. The van der Waals surface area contributed by atoms with Crippen LogP contribution in [0.1, 0.15) is 31.7 Å². The maximum atomic E-state index is 14.2. The molecular formula is C26H32N2O4S. The number of methoxy groups -OCH3 is 1. The van der Waals surface area contributed by atoms with E-state index >= 15 is 0 Å². The molecule has 0 radical (unpaired) electrons. The Morgan fingerprint density at radius 3 is 2.48 bits per heavy atom. The van der Waals surface area contributed by atoms with Gasteiger partial charge < -0.3 is 19.3 Å². The highest BCUT2D eigenvalue weighted by molar-refractivity contribution is 8.02. The van der Waals surface area contributed by atoms with E-state index in [1.54, 1.807) is 18.9 Å². The Labute approximate surface area is 200 Å². The minimum atomic E-state index is -1.38. The van der Waals surface area contributed by atoms with E-state index in [1.807, 2.05) is 48.5 Å². The summed E-state index contributed by atoms with van der Waals surface area (Å²) in [5, 5.41) is 0. The third-order valence-corrected chi connectivity index (χ3v) is 7.70. The van der Waals surface area contributed by atoms with Crippen LogP contribution < -0.4 is 9.64 Å². The summed E-state index contributed by atoms with van der Waals surface area (Å²) in [6.07, 6.45) is 3.90. The molecule has 176 valence electrons. The van der Waals surface area contributed by atoms with Gasteiger partial charge in [-0.15, -0.1) is 0 Å². The summed E-state index contributed by atoms with van der Waals surface area (Å²) in [7, 11) is 1.62. The zero-order valence-electron chi connectivity index (χ0n) is 19.4. The lowest BCUT2D eigenvalue weighted by Gasteiger charge is -2.41. The molecule has 0 aromatic heterocycles. The smallest absolute Gasteiger partial charge is 0.332 e. The molecule has 7 heteroatoms. The van der Waals surface area contributed by atoms with Crippen molar-refractivity contribution in [3.8, 4) is 5.75 Å². The molecule has 6 nitrogen and oxygen atoms in total. The number of carbonyl (C=O) groups is 2. The lowest BCUT2D eigenvalue weighted by Crippen LogP contribution is -2.57. The second-order valence-electron chi connectivity index (χ2n) is 8.48. The number of fused-ring (bicyclic) bond motifs is 1. The van der Waals surface area contributed by atoms with Gasteiger partial charge in [0.05, 0.1) is 19.4 Å². The van der Waals surface area contributed by atoms with Crippen molar-refractivity contribution < 1.29 is 19.1 Å². The summed E-state index contributed by atoms with van der Waals surface area (Å²) >= 11 is 1.29. The van der Waals surface area contributed by atoms with E-state index in [1.165, 1.54) is 31.0 Å². The molecule has 0 spiro atoms. The van der Waals surface area contributed by atoms with E-state index in [9.17, 15) is 9.59 Å². The number of ether oxygens (including phenoxy) is 2. The zero-order valence-corrected chi connectivity index (χ0v) is 20.2. The van der Waals surface area contributed by atoms with Crippen molar-refractivity contribution in [2.24, 2.45) is 0 Å². The van der Waals surface area contributed by atoms with Gasteiger partial charge >= 0.3 is 5.97 Å². The molecule has 0 aliphatic carbocycles. The zero-order chi connectivity index (χ0) is 23.3. The van der Waals surface area contributed by atoms with E-state index in [2.05, 4.69) is 4.90 Å². The number of benzene rings is 2. The van der Waals surface area contributed by atoms with Crippen LogP contribution >= 0.6 is 11.8 Å². The lowest BCUT2D eigenvalue weighted by molar-refractivity contribution is -0.149. The number of piperidine rings is 1. The second kappa shape index (κ2) is 10.6. The first-order valence-electron chi connectivity index (χ1n) is 11.7. The van der Waals surface area contributed by atoms with E-state index < -0.39 is 10.7 Å². The Morgan fingerprint density at radius 2 is 1.79 bits per heavy atom. The molecule has 4 rings (SSSR count). The van der Waals surface area contributed by atoms with Gasteiger partial charge in [0.25, 0.3) is 5.91 Å². The second-order valence-corrected chi connectivity index (χ2v) is 9.82. The molecule has 1 saturated heterocycles. The van der Waals surface area contributed by atoms with Crippen molar-refractivity contribution in [2.75, 3.05) is 44.8 Å². The van der Waals surface area contributed by atoms with Gasteiger partial charge in [-0.1, -0.05) is 54.6 Å². The molecule has 33 heavy (non-hydrogen) atoms. The van der Waals surface area contributed by atoms with Crippen molar-refractivity contribution in [2.45, 2.75) is 42.2 Å². The van der Waals surface area contributed by atoms with E-state index in [-0.39, 0.29) is 18.9 Å². The number of para-hydroxylation sites is 1. The number of anilines is 1. The standard InChI is InChI=1S/C26H32N2O4S/c1-3-32-25(30)26(19-20-11-6-4-7-12-20)24(29)28(18-17-27-15-8-5-9-16-27)23-21(31-2)13-10-14-22(23)33-26/h4,6-7,10-14H,3,5,8-9,15-19H2,1-2H3. The highest BCUT2D eigenvalue weighted by Gasteiger charge is 2.54. The summed E-state index contributed by atoms with van der Waals surface area (Å²) < 4.78 is 9.76. The van der Waals surface area contributed by atoms with Gasteiger partial charge in [-0.2, -0.15) is 0 Å². The van der Waals surface area contributed by atoms with Crippen LogP contribution in [-0.4, -0.2) is 61.4 Å². The highest BCUT2D eigenvalue weighted by atomic mass is 32.2. The van der Waals surface area contributed by atoms with Crippen molar-refractivity contribution in [3.63, 3.8) is 0 Å². The molecule has 1 fully saturated rings. The molecule has 0 N–H and O–H groups in total. The predicted octanol–water partition coefficient (Wildman–Crippen LogP) is 4.16. The predicted molar refractivity (Wildman–Crippen MR) is 131 cm³/mol. The van der Waals surface area contributed by atoms with Crippen LogP contribution in [-0.2, 0) is 20.7 Å². The lowest BCUT2D eigenvalue weighted by atomic mass is 9.95. The van der Waals surface area contributed by atoms with Crippen molar-refractivity contribution >= 4 is 29.3 Å². The normalized spacial score (nSPS) is 20.9. The average molecular weight is 469 g/mol. The Bertz CT molecular complexity index is 978. The van der Waals surface area contributed by atoms with Crippen LogP contribution in [0.4, 0.5) is 5.69 Å². The molecule has 2 aliphatic rings. The monoisotopic (exact) mass is 468 g/mol. The van der Waals surface area contributed by atoms with Crippen LogP contribution in [0.5, 0.6) is 5.75 Å². The summed E-state index contributed by atoms with van der Waals surface area (Å²) in [5.41, 5.74) is 1.67. The van der Waals surface area contributed by atoms with Gasteiger partial charge in [0, 0.05) is 24.4 Å². The van der Waals surface area contributed by atoms with Crippen LogP contribution in [0.3, 0.4) is 0 Å². The third kappa shape index (κ3) is 4.89. The van der Waals surface area contributed by atoms with Crippen molar-refractivity contribution in [3.05, 3.63) is 54.1 Å². The van der Waals surface area contributed by atoms with Gasteiger partial charge in [-0.3, -0.25) is 4.79 Å². The van der Waals surface area contributed by atoms with Crippen molar-refractivity contribution in [1.82, 2.24) is 4.90 Å². The first-order valence-corrected chi connectivity index (χ1v) is 12.5. The largest absolute Gasteiger partial charge is 0.495 e. The fourth-order valence-electron chi connectivity index (χ4n) is 4.65. The molecule has 2 aromatic rings. The number of esters is 1. The minimum absolute atomic E-state index is 0.224. The highest BCUT2D eigenvalue weighted by Crippen LogP contribution is 2.51.